The van der Waals surface area contributed by atoms with Gasteiger partial charge < -0.3 is 10.4 Å². The highest BCUT2D eigenvalue weighted by Crippen LogP contribution is 2.34. The molecule has 22 heavy (non-hydrogen) atoms. The zero-order valence-corrected chi connectivity index (χ0v) is 13.7. The molecule has 0 unspecified atom stereocenters. The summed E-state index contributed by atoms with van der Waals surface area (Å²) in [7, 11) is 0. The number of Topliss-reactive ketones (excluding diaryl/α,β-unsaturated/α-hetero) is 1. The molecule has 6 heteroatoms. The molecule has 5 nitrogen and oxygen atoms in total. The van der Waals surface area contributed by atoms with Crippen molar-refractivity contribution in [3.63, 3.8) is 0 Å². The van der Waals surface area contributed by atoms with E-state index in [1.807, 2.05) is 0 Å². The first-order valence-corrected chi connectivity index (χ1v) is 8.36. The maximum atomic E-state index is 12.3. The number of rotatable bonds is 5. The van der Waals surface area contributed by atoms with Crippen LogP contribution in [0.1, 0.15) is 65.3 Å². The Hall–Kier alpha value is -1.69. The summed E-state index contributed by atoms with van der Waals surface area (Å²) in [6, 6.07) is 3.17. The largest absolute Gasteiger partial charge is 0.480 e. The lowest BCUT2D eigenvalue weighted by atomic mass is 9.75. The molecule has 2 N–H and O–H groups in total. The molecule has 2 rings (SSSR count). The topological polar surface area (TPSA) is 83.5 Å². The van der Waals surface area contributed by atoms with E-state index in [0.717, 1.165) is 30.6 Å². The number of hydrogen-bond acceptors (Lipinski definition) is 4. The summed E-state index contributed by atoms with van der Waals surface area (Å²) in [5.41, 5.74) is -1.18. The van der Waals surface area contributed by atoms with Crippen LogP contribution in [0.4, 0.5) is 0 Å². The second kappa shape index (κ2) is 6.60. The van der Waals surface area contributed by atoms with Gasteiger partial charge in [-0.2, -0.15) is 0 Å². The summed E-state index contributed by atoms with van der Waals surface area (Å²) in [6.07, 6.45) is 3.57. The van der Waals surface area contributed by atoms with Gasteiger partial charge in [-0.1, -0.05) is 13.3 Å². The molecule has 0 aliphatic heterocycles. The second-order valence-electron chi connectivity index (χ2n) is 5.91. The number of ketones is 1. The van der Waals surface area contributed by atoms with Crippen molar-refractivity contribution in [3.05, 3.63) is 21.9 Å². The van der Waals surface area contributed by atoms with E-state index in [4.69, 9.17) is 0 Å². The van der Waals surface area contributed by atoms with Crippen molar-refractivity contribution >= 4 is 29.0 Å². The standard InChI is InChI=1S/C16H21NO4S/c1-3-11-6-8-16(9-7-11,15(20)21)17-14(19)13-5-4-12(22-13)10(2)18/h4-5,11H,3,6-9H2,1-2H3,(H,17,19)(H,20,21). The number of amides is 1. The van der Waals surface area contributed by atoms with Crippen molar-refractivity contribution in [2.75, 3.05) is 0 Å². The first kappa shape index (κ1) is 16.7. The number of carboxylic acid groups (broad SMARTS) is 1. The average molecular weight is 323 g/mol. The summed E-state index contributed by atoms with van der Waals surface area (Å²) >= 11 is 1.10. The molecule has 1 heterocycles. The summed E-state index contributed by atoms with van der Waals surface area (Å²) in [6.45, 7) is 3.55. The fourth-order valence-electron chi connectivity index (χ4n) is 2.90. The van der Waals surface area contributed by atoms with Gasteiger partial charge >= 0.3 is 5.97 Å². The van der Waals surface area contributed by atoms with Crippen LogP contribution in [0, 0.1) is 5.92 Å². The molecule has 0 saturated heterocycles. The zero-order chi connectivity index (χ0) is 16.3. The molecule has 1 aliphatic rings. The van der Waals surface area contributed by atoms with E-state index in [1.165, 1.54) is 6.92 Å². The van der Waals surface area contributed by atoms with Gasteiger partial charge in [0.2, 0.25) is 0 Å². The fourth-order valence-corrected chi connectivity index (χ4v) is 3.70. The Balaban J connectivity index is 2.12. The highest BCUT2D eigenvalue weighted by Gasteiger charge is 2.43. The molecule has 1 fully saturated rings. The van der Waals surface area contributed by atoms with Crippen LogP contribution in [0.2, 0.25) is 0 Å². The van der Waals surface area contributed by atoms with E-state index in [1.54, 1.807) is 12.1 Å². The number of carboxylic acids is 1. The van der Waals surface area contributed by atoms with E-state index in [0.29, 0.717) is 28.5 Å². The van der Waals surface area contributed by atoms with Gasteiger partial charge in [-0.15, -0.1) is 11.3 Å². The lowest BCUT2D eigenvalue weighted by Gasteiger charge is -2.37. The van der Waals surface area contributed by atoms with Crippen molar-refractivity contribution in [1.29, 1.82) is 0 Å². The highest BCUT2D eigenvalue weighted by molar-refractivity contribution is 7.16. The predicted octanol–water partition coefficient (Wildman–Crippen LogP) is 3.10. The Morgan fingerprint density at radius 3 is 2.32 bits per heavy atom. The van der Waals surface area contributed by atoms with Crippen LogP contribution in [-0.4, -0.2) is 28.3 Å². The van der Waals surface area contributed by atoms with Gasteiger partial charge in [0.1, 0.15) is 5.54 Å². The van der Waals surface area contributed by atoms with Gasteiger partial charge in [0.15, 0.2) is 5.78 Å². The van der Waals surface area contributed by atoms with Gasteiger partial charge in [-0.3, -0.25) is 9.59 Å². The van der Waals surface area contributed by atoms with Gasteiger partial charge in [-0.25, -0.2) is 4.79 Å². The predicted molar refractivity (Wildman–Crippen MR) is 84.4 cm³/mol. The maximum Gasteiger partial charge on any atom is 0.329 e. The summed E-state index contributed by atoms with van der Waals surface area (Å²) in [5, 5.41) is 12.3. The number of aliphatic carboxylic acids is 1. The SMILES string of the molecule is CCC1CCC(NC(=O)c2ccc(C(C)=O)s2)(C(=O)O)CC1. The molecule has 0 aromatic carbocycles. The van der Waals surface area contributed by atoms with Crippen molar-refractivity contribution in [3.8, 4) is 0 Å². The lowest BCUT2D eigenvalue weighted by Crippen LogP contribution is -2.56. The molecule has 1 aromatic rings. The number of nitrogens with one attached hydrogen (secondary N) is 1. The molecule has 0 spiro atoms. The molecular weight excluding hydrogens is 302 g/mol. The van der Waals surface area contributed by atoms with Crippen molar-refractivity contribution in [2.45, 2.75) is 51.5 Å². The Labute approximate surface area is 133 Å². The molecule has 0 atom stereocenters. The van der Waals surface area contributed by atoms with Crippen LogP contribution in [0.15, 0.2) is 12.1 Å². The minimum absolute atomic E-state index is 0.0968. The van der Waals surface area contributed by atoms with Crippen LogP contribution < -0.4 is 5.32 Å². The molecule has 1 aromatic heterocycles. The highest BCUT2D eigenvalue weighted by atomic mass is 32.1. The van der Waals surface area contributed by atoms with Gasteiger partial charge in [0.25, 0.3) is 5.91 Å². The Bertz CT molecular complexity index is 585. The minimum Gasteiger partial charge on any atom is -0.480 e. The molecule has 1 saturated carbocycles. The fraction of sp³-hybridized carbons (Fsp3) is 0.562. The summed E-state index contributed by atoms with van der Waals surface area (Å²) < 4.78 is 0. The first-order chi connectivity index (χ1) is 10.4. The summed E-state index contributed by atoms with van der Waals surface area (Å²) in [5.74, 6) is -0.940. The summed E-state index contributed by atoms with van der Waals surface area (Å²) in [4.78, 5) is 36.2. The number of carbonyl (C=O) groups is 3. The first-order valence-electron chi connectivity index (χ1n) is 7.54. The minimum atomic E-state index is -1.18. The van der Waals surface area contributed by atoms with Crippen molar-refractivity contribution < 1.29 is 19.5 Å². The van der Waals surface area contributed by atoms with Crippen molar-refractivity contribution in [1.82, 2.24) is 5.32 Å². The quantitative estimate of drug-likeness (QED) is 0.816. The molecule has 0 radical (unpaired) electrons. The molecule has 1 aliphatic carbocycles. The van der Waals surface area contributed by atoms with Gasteiger partial charge in [0.05, 0.1) is 9.75 Å². The monoisotopic (exact) mass is 323 g/mol. The normalized spacial score (nSPS) is 24.7. The van der Waals surface area contributed by atoms with Crippen LogP contribution in [0.3, 0.4) is 0 Å². The number of carbonyl (C=O) groups excluding carboxylic acids is 2. The smallest absolute Gasteiger partial charge is 0.329 e. The molecule has 1 amide bonds. The van der Waals surface area contributed by atoms with Crippen LogP contribution >= 0.6 is 11.3 Å². The Morgan fingerprint density at radius 1 is 1.27 bits per heavy atom. The molecule has 0 bridgehead atoms. The zero-order valence-electron chi connectivity index (χ0n) is 12.8. The Morgan fingerprint density at radius 2 is 1.86 bits per heavy atom. The average Bonchev–Trinajstić information content (AvgIpc) is 2.98. The van der Waals surface area contributed by atoms with Crippen LogP contribution in [0.25, 0.3) is 0 Å². The van der Waals surface area contributed by atoms with Gasteiger partial charge in [-0.05, 0) is 50.7 Å². The van der Waals surface area contributed by atoms with Crippen LogP contribution in [0.5, 0.6) is 0 Å². The van der Waals surface area contributed by atoms with Crippen molar-refractivity contribution in [2.24, 2.45) is 5.92 Å². The second-order valence-corrected chi connectivity index (χ2v) is 7.00. The molecule has 120 valence electrons. The van der Waals surface area contributed by atoms with E-state index in [9.17, 15) is 19.5 Å². The number of thiophene rings is 1. The third-order valence-electron chi connectivity index (χ3n) is 4.48. The molecular formula is C16H21NO4S. The maximum absolute atomic E-state index is 12.3. The lowest BCUT2D eigenvalue weighted by molar-refractivity contribution is -0.146. The number of hydrogen-bond donors (Lipinski definition) is 2. The third kappa shape index (κ3) is 3.38. The van der Waals surface area contributed by atoms with E-state index in [-0.39, 0.29) is 5.78 Å². The van der Waals surface area contributed by atoms with E-state index < -0.39 is 17.4 Å². The van der Waals surface area contributed by atoms with E-state index >= 15 is 0 Å². The van der Waals surface area contributed by atoms with Gasteiger partial charge in [0, 0.05) is 0 Å². The van der Waals surface area contributed by atoms with Crippen LogP contribution in [-0.2, 0) is 4.79 Å². The third-order valence-corrected chi connectivity index (χ3v) is 5.66. The van der Waals surface area contributed by atoms with E-state index in [2.05, 4.69) is 12.2 Å². The Kier molecular flexibility index (Phi) is 5.01.